The van der Waals surface area contributed by atoms with Crippen molar-refractivity contribution in [3.63, 3.8) is 0 Å². The van der Waals surface area contributed by atoms with Crippen molar-refractivity contribution in [3.8, 4) is 0 Å². The zero-order chi connectivity index (χ0) is 7.82. The van der Waals surface area contributed by atoms with Crippen molar-refractivity contribution in [2.45, 2.75) is 0 Å². The zero-order valence-corrected chi connectivity index (χ0v) is 11.7. The Labute approximate surface area is 97.9 Å². The van der Waals surface area contributed by atoms with Crippen LogP contribution < -0.4 is 5.73 Å². The fourth-order valence-corrected chi connectivity index (χ4v) is 0.342. The molecule has 4 heteroatoms. The molecule has 1 nitrogen and oxygen atoms in total. The van der Waals surface area contributed by atoms with Crippen LogP contribution in [-0.4, -0.2) is 4.32 Å². The van der Waals surface area contributed by atoms with E-state index in [0.717, 1.165) is 0 Å². The first kappa shape index (κ1) is 18.0. The maximum Gasteiger partial charge on any atom is 2.00 e. The SMILES string of the molecule is NC(=S)S.[CH3-].[Zn+2].[c-]1ccccc1. The Bertz CT molecular complexity index is 149. The Morgan fingerprint density at radius 3 is 1.67 bits per heavy atom. The minimum Gasteiger partial charge on any atom is -0.385 e. The Kier molecular flexibility index (Phi) is 20.5. The molecule has 1 aromatic rings. The van der Waals surface area contributed by atoms with Crippen LogP contribution in [0.3, 0.4) is 0 Å². The second-order valence-electron chi connectivity index (χ2n) is 1.42. The molecule has 2 N–H and O–H groups in total. The number of nitrogens with two attached hydrogens (primary N) is 1. The predicted molar refractivity (Wildman–Crippen MR) is 57.5 cm³/mol. The molecule has 0 bridgehead atoms. The van der Waals surface area contributed by atoms with Crippen molar-refractivity contribution in [1.82, 2.24) is 0 Å². The zero-order valence-electron chi connectivity index (χ0n) is 7.03. The molecule has 0 saturated heterocycles. The van der Waals surface area contributed by atoms with Crippen LogP contribution in [0.1, 0.15) is 0 Å². The maximum atomic E-state index is 4.71. The minimum atomic E-state index is 0. The van der Waals surface area contributed by atoms with Gasteiger partial charge in [-0.15, -0.1) is 12.6 Å². The molecule has 0 aromatic heterocycles. The fourth-order valence-electron chi connectivity index (χ4n) is 0.342. The van der Waals surface area contributed by atoms with Gasteiger partial charge in [0.05, 0.1) is 0 Å². The van der Waals surface area contributed by atoms with Gasteiger partial charge in [-0.3, -0.25) is 0 Å². The monoisotopic (exact) mass is 249 g/mol. The molecular formula is C8H11NS2Zn. The summed E-state index contributed by atoms with van der Waals surface area (Å²) in [5.74, 6) is 0. The molecule has 0 unspecified atom stereocenters. The van der Waals surface area contributed by atoms with Gasteiger partial charge < -0.3 is 13.2 Å². The van der Waals surface area contributed by atoms with E-state index in [-0.39, 0.29) is 31.2 Å². The van der Waals surface area contributed by atoms with Crippen molar-refractivity contribution in [2.24, 2.45) is 5.73 Å². The third-order valence-electron chi connectivity index (χ3n) is 0.607. The van der Waals surface area contributed by atoms with E-state index in [1.54, 1.807) is 0 Å². The summed E-state index contributed by atoms with van der Waals surface area (Å²) in [7, 11) is 0. The molecule has 1 rings (SSSR count). The van der Waals surface area contributed by atoms with Gasteiger partial charge >= 0.3 is 19.5 Å². The van der Waals surface area contributed by atoms with Crippen molar-refractivity contribution >= 4 is 29.2 Å². The Balaban J connectivity index is -0.000000124. The van der Waals surface area contributed by atoms with Crippen LogP contribution in [0.25, 0.3) is 0 Å². The van der Waals surface area contributed by atoms with Crippen molar-refractivity contribution < 1.29 is 19.5 Å². The molecule has 0 aliphatic rings. The summed E-state index contributed by atoms with van der Waals surface area (Å²) in [6, 6.07) is 12.5. The smallest absolute Gasteiger partial charge is 0.385 e. The molecule has 0 saturated carbocycles. The van der Waals surface area contributed by atoms with Gasteiger partial charge in [0.15, 0.2) is 0 Å². The molecule has 12 heavy (non-hydrogen) atoms. The summed E-state index contributed by atoms with van der Waals surface area (Å²) in [5.41, 5.74) is 4.71. The molecule has 0 aliphatic heterocycles. The van der Waals surface area contributed by atoms with E-state index >= 15 is 0 Å². The topological polar surface area (TPSA) is 26.0 Å². The van der Waals surface area contributed by atoms with E-state index in [4.69, 9.17) is 5.73 Å². The summed E-state index contributed by atoms with van der Waals surface area (Å²) < 4.78 is 0.194. The molecule has 0 atom stereocenters. The van der Waals surface area contributed by atoms with Gasteiger partial charge in [-0.25, -0.2) is 0 Å². The summed E-state index contributed by atoms with van der Waals surface area (Å²) in [5, 5.41) is 0. The van der Waals surface area contributed by atoms with Crippen LogP contribution in [-0.2, 0) is 19.5 Å². The van der Waals surface area contributed by atoms with Crippen LogP contribution in [0.15, 0.2) is 30.3 Å². The van der Waals surface area contributed by atoms with Crippen molar-refractivity contribution in [2.75, 3.05) is 0 Å². The first-order valence-electron chi connectivity index (χ1n) is 2.63. The van der Waals surface area contributed by atoms with Gasteiger partial charge in [0.25, 0.3) is 0 Å². The molecule has 0 fully saturated rings. The molecule has 1 aromatic carbocycles. The first-order valence-corrected chi connectivity index (χ1v) is 3.48. The van der Waals surface area contributed by atoms with E-state index in [1.807, 2.05) is 30.3 Å². The van der Waals surface area contributed by atoms with E-state index in [1.165, 1.54) is 0 Å². The standard InChI is InChI=1S/C6H5.CH3NS2.CH3.Zn/c1-2-4-6-5-3-1;2-1(3)4;;/h1-5H;(H3,2,3,4);1H3;/q-1;;-1;+2. The number of hydrogen-bond donors (Lipinski definition) is 2. The Hall–Kier alpha value is 0.0834. The van der Waals surface area contributed by atoms with E-state index in [9.17, 15) is 0 Å². The van der Waals surface area contributed by atoms with Gasteiger partial charge in [-0.1, -0.05) is 12.2 Å². The van der Waals surface area contributed by atoms with Gasteiger partial charge in [-0.2, -0.15) is 36.4 Å². The minimum absolute atomic E-state index is 0. The maximum absolute atomic E-state index is 4.71. The fraction of sp³-hybridized carbons (Fsp3) is 0. The number of thiocarbonyl (C=S) groups is 1. The molecule has 0 aliphatic carbocycles. The quantitative estimate of drug-likeness (QED) is 0.319. The molecule has 0 radical (unpaired) electrons. The Morgan fingerprint density at radius 1 is 1.25 bits per heavy atom. The van der Waals surface area contributed by atoms with Gasteiger partial charge in [0.1, 0.15) is 4.32 Å². The first-order chi connectivity index (χ1) is 4.73. The second kappa shape index (κ2) is 13.7. The number of rotatable bonds is 0. The normalized spacial score (nSPS) is 6.08. The third-order valence-corrected chi connectivity index (χ3v) is 0.607. The largest absolute Gasteiger partial charge is 2.00 e. The number of benzene rings is 1. The predicted octanol–water partition coefficient (Wildman–Crippen LogP) is 2.09. The van der Waals surface area contributed by atoms with E-state index < -0.39 is 0 Å². The molecule has 62 valence electrons. The number of hydrogen-bond acceptors (Lipinski definition) is 1. The molecular weight excluding hydrogens is 240 g/mol. The van der Waals surface area contributed by atoms with Gasteiger partial charge in [0, 0.05) is 0 Å². The molecule has 0 spiro atoms. The van der Waals surface area contributed by atoms with Crippen LogP contribution in [0, 0.1) is 13.5 Å². The van der Waals surface area contributed by atoms with Gasteiger partial charge in [0.2, 0.25) is 0 Å². The van der Waals surface area contributed by atoms with Crippen LogP contribution in [0.5, 0.6) is 0 Å². The average Bonchev–Trinajstić information content (AvgIpc) is 1.90. The summed E-state index contributed by atoms with van der Waals surface area (Å²) >= 11 is 7.65. The van der Waals surface area contributed by atoms with E-state index in [2.05, 4.69) is 30.9 Å². The summed E-state index contributed by atoms with van der Waals surface area (Å²) in [6.07, 6.45) is 0. The number of thiol groups is 1. The Morgan fingerprint density at radius 2 is 1.58 bits per heavy atom. The van der Waals surface area contributed by atoms with Crippen molar-refractivity contribution in [3.05, 3.63) is 43.8 Å². The van der Waals surface area contributed by atoms with Crippen LogP contribution in [0.2, 0.25) is 0 Å². The van der Waals surface area contributed by atoms with Crippen molar-refractivity contribution in [1.29, 1.82) is 0 Å². The van der Waals surface area contributed by atoms with Crippen LogP contribution >= 0.6 is 24.8 Å². The van der Waals surface area contributed by atoms with E-state index in [0.29, 0.717) is 0 Å². The molecule has 0 amide bonds. The summed E-state index contributed by atoms with van der Waals surface area (Å²) in [6.45, 7) is 0. The third kappa shape index (κ3) is 22.5. The second-order valence-corrected chi connectivity index (χ2v) is 2.64. The van der Waals surface area contributed by atoms with Gasteiger partial charge in [-0.05, 0) is 0 Å². The summed E-state index contributed by atoms with van der Waals surface area (Å²) in [4.78, 5) is 0. The molecule has 0 heterocycles. The van der Waals surface area contributed by atoms with Crippen LogP contribution in [0.4, 0.5) is 0 Å². The average molecular weight is 251 g/mol.